The highest BCUT2D eigenvalue weighted by molar-refractivity contribution is 7.91. The predicted molar refractivity (Wildman–Crippen MR) is 99.6 cm³/mol. The molecule has 0 heterocycles. The van der Waals surface area contributed by atoms with E-state index in [4.69, 9.17) is 0 Å². The molecule has 3 atom stereocenters. The lowest BCUT2D eigenvalue weighted by Crippen LogP contribution is -2.17. The van der Waals surface area contributed by atoms with E-state index in [-0.39, 0.29) is 5.75 Å². The van der Waals surface area contributed by atoms with E-state index in [1.54, 1.807) is 24.3 Å². The molecule has 3 rings (SSSR count). The van der Waals surface area contributed by atoms with Gasteiger partial charge in [0.2, 0.25) is 0 Å². The Morgan fingerprint density at radius 2 is 1.79 bits per heavy atom. The summed E-state index contributed by atoms with van der Waals surface area (Å²) in [4.78, 5) is 0.446. The maximum absolute atomic E-state index is 12.5. The average Bonchev–Trinajstić information content (AvgIpc) is 3.14. The van der Waals surface area contributed by atoms with E-state index in [9.17, 15) is 8.42 Å². The summed E-state index contributed by atoms with van der Waals surface area (Å²) in [5.41, 5.74) is 2.18. The Hall–Kier alpha value is -1.09. The van der Waals surface area contributed by atoms with Crippen LogP contribution in [0.5, 0.6) is 0 Å². The maximum atomic E-state index is 12.5. The molecule has 0 amide bonds. The molecule has 132 valence electrons. The van der Waals surface area contributed by atoms with Gasteiger partial charge in [-0.1, -0.05) is 57.5 Å². The third-order valence-electron chi connectivity index (χ3n) is 6.01. The van der Waals surface area contributed by atoms with Crippen LogP contribution in [-0.2, 0) is 9.84 Å². The van der Waals surface area contributed by atoms with E-state index in [0.29, 0.717) is 28.1 Å². The van der Waals surface area contributed by atoms with Crippen LogP contribution in [0.3, 0.4) is 0 Å². The predicted octanol–water partition coefficient (Wildman–Crippen LogP) is 5.26. The second-order valence-electron chi connectivity index (χ2n) is 8.99. The van der Waals surface area contributed by atoms with Gasteiger partial charge in [0.25, 0.3) is 0 Å². The van der Waals surface area contributed by atoms with Crippen molar-refractivity contribution in [3.8, 4) is 0 Å². The first-order chi connectivity index (χ1) is 11.1. The molecule has 24 heavy (non-hydrogen) atoms. The number of allylic oxidation sites excluding steroid dienone is 2. The van der Waals surface area contributed by atoms with Crippen molar-refractivity contribution >= 4 is 9.84 Å². The van der Waals surface area contributed by atoms with Crippen LogP contribution in [0.2, 0.25) is 0 Å². The fraction of sp³-hybridized carbons (Fsp3) is 0.619. The lowest BCUT2D eigenvalue weighted by Gasteiger charge is -2.27. The molecule has 0 bridgehead atoms. The normalized spacial score (nSPS) is 30.0. The topological polar surface area (TPSA) is 34.1 Å². The molecule has 1 fully saturated rings. The molecule has 0 saturated heterocycles. The largest absolute Gasteiger partial charge is 0.224 e. The van der Waals surface area contributed by atoms with Gasteiger partial charge in [-0.05, 0) is 60.5 Å². The van der Waals surface area contributed by atoms with Crippen molar-refractivity contribution in [3.63, 3.8) is 0 Å². The first kappa shape index (κ1) is 17.7. The van der Waals surface area contributed by atoms with Crippen LogP contribution in [0.1, 0.15) is 53.4 Å². The van der Waals surface area contributed by atoms with Gasteiger partial charge in [-0.15, -0.1) is 0 Å². The first-order valence-electron chi connectivity index (χ1n) is 9.11. The monoisotopic (exact) mass is 346 g/mol. The fourth-order valence-electron chi connectivity index (χ4n) is 4.30. The van der Waals surface area contributed by atoms with Gasteiger partial charge >= 0.3 is 0 Å². The number of hydrogen-bond donors (Lipinski definition) is 0. The SMILES string of the molecule is C[C@@H](CCS(=O)(=O)c1ccccc1)C1=C[C@]2(C)C[C@H]2CC(C)(C)C1. The molecule has 1 aromatic carbocycles. The second kappa shape index (κ2) is 6.01. The Bertz CT molecular complexity index is 730. The second-order valence-corrected chi connectivity index (χ2v) is 11.1. The molecular weight excluding hydrogens is 316 g/mol. The molecule has 1 aromatic rings. The Morgan fingerprint density at radius 1 is 1.12 bits per heavy atom. The Kier molecular flexibility index (Phi) is 4.44. The molecule has 3 heteroatoms. The van der Waals surface area contributed by atoms with Gasteiger partial charge in [0.05, 0.1) is 10.6 Å². The molecule has 0 radical (unpaired) electrons. The number of fused-ring (bicyclic) bond motifs is 1. The van der Waals surface area contributed by atoms with E-state index in [1.807, 2.05) is 6.07 Å². The van der Waals surface area contributed by atoms with E-state index in [1.165, 1.54) is 18.4 Å². The van der Waals surface area contributed by atoms with Gasteiger partial charge in [0.15, 0.2) is 9.84 Å². The van der Waals surface area contributed by atoms with Crippen molar-refractivity contribution in [1.82, 2.24) is 0 Å². The molecule has 0 aromatic heterocycles. The molecule has 2 aliphatic rings. The quantitative estimate of drug-likeness (QED) is 0.682. The number of sulfone groups is 1. The first-order valence-corrected chi connectivity index (χ1v) is 10.8. The highest BCUT2D eigenvalue weighted by Crippen LogP contribution is 2.62. The average molecular weight is 347 g/mol. The van der Waals surface area contributed by atoms with Crippen molar-refractivity contribution in [2.24, 2.45) is 22.7 Å². The molecule has 0 N–H and O–H groups in total. The Labute approximate surface area is 147 Å². The lowest BCUT2D eigenvalue weighted by molar-refractivity contribution is 0.300. The van der Waals surface area contributed by atoms with E-state index in [2.05, 4.69) is 33.8 Å². The Balaban J connectivity index is 1.71. The van der Waals surface area contributed by atoms with Gasteiger partial charge in [-0.25, -0.2) is 8.42 Å². The minimum absolute atomic E-state index is 0.232. The fourth-order valence-corrected chi connectivity index (χ4v) is 5.77. The van der Waals surface area contributed by atoms with Crippen LogP contribution in [-0.4, -0.2) is 14.2 Å². The summed E-state index contributed by atoms with van der Waals surface area (Å²) in [6.07, 6.45) is 6.89. The maximum Gasteiger partial charge on any atom is 0.178 e. The zero-order valence-corrected chi connectivity index (χ0v) is 16.2. The highest BCUT2D eigenvalue weighted by atomic mass is 32.2. The van der Waals surface area contributed by atoms with Crippen LogP contribution in [0.4, 0.5) is 0 Å². The third-order valence-corrected chi connectivity index (χ3v) is 7.77. The third kappa shape index (κ3) is 3.77. The van der Waals surface area contributed by atoms with Crippen molar-refractivity contribution in [3.05, 3.63) is 42.0 Å². The van der Waals surface area contributed by atoms with Crippen molar-refractivity contribution in [1.29, 1.82) is 0 Å². The van der Waals surface area contributed by atoms with Gasteiger partial charge in [-0.2, -0.15) is 0 Å². The zero-order chi connectivity index (χ0) is 17.6. The molecule has 0 spiro atoms. The molecule has 2 nitrogen and oxygen atoms in total. The highest BCUT2D eigenvalue weighted by Gasteiger charge is 2.52. The van der Waals surface area contributed by atoms with Gasteiger partial charge in [0, 0.05) is 0 Å². The number of benzene rings is 1. The van der Waals surface area contributed by atoms with Crippen molar-refractivity contribution < 1.29 is 8.42 Å². The smallest absolute Gasteiger partial charge is 0.178 e. The molecular formula is C21H30O2S. The molecule has 0 aliphatic heterocycles. The van der Waals surface area contributed by atoms with Crippen LogP contribution in [0, 0.1) is 22.7 Å². The molecule has 0 unspecified atom stereocenters. The molecule has 1 saturated carbocycles. The van der Waals surface area contributed by atoms with E-state index >= 15 is 0 Å². The van der Waals surface area contributed by atoms with Crippen LogP contribution in [0.15, 0.2) is 46.9 Å². The molecule has 2 aliphatic carbocycles. The minimum atomic E-state index is -3.18. The van der Waals surface area contributed by atoms with Gasteiger partial charge < -0.3 is 0 Å². The van der Waals surface area contributed by atoms with Crippen LogP contribution >= 0.6 is 0 Å². The Morgan fingerprint density at radius 3 is 2.46 bits per heavy atom. The summed E-state index contributed by atoms with van der Waals surface area (Å²) >= 11 is 0. The van der Waals surface area contributed by atoms with Gasteiger partial charge in [-0.3, -0.25) is 0 Å². The summed E-state index contributed by atoms with van der Waals surface area (Å²) in [6.45, 7) is 9.29. The van der Waals surface area contributed by atoms with Gasteiger partial charge in [0.1, 0.15) is 0 Å². The van der Waals surface area contributed by atoms with E-state index in [0.717, 1.165) is 12.3 Å². The summed E-state index contributed by atoms with van der Waals surface area (Å²) in [7, 11) is -3.18. The lowest BCUT2D eigenvalue weighted by atomic mass is 9.79. The summed E-state index contributed by atoms with van der Waals surface area (Å²) < 4.78 is 25.1. The minimum Gasteiger partial charge on any atom is -0.224 e. The summed E-state index contributed by atoms with van der Waals surface area (Å²) in [5, 5.41) is 0. The zero-order valence-electron chi connectivity index (χ0n) is 15.4. The van der Waals surface area contributed by atoms with E-state index < -0.39 is 9.84 Å². The standard InChI is InChI=1S/C21H30O2S/c1-16(10-11-24(22,23)19-8-6-5-7-9-19)17-12-20(2,3)14-18-15-21(18,4)13-17/h5-9,13,16,18H,10-12,14-15H2,1-4H3/t16-,18+,21+/m0/s1. The number of rotatable bonds is 5. The van der Waals surface area contributed by atoms with Crippen molar-refractivity contribution in [2.45, 2.75) is 58.3 Å². The summed E-state index contributed by atoms with van der Waals surface area (Å²) in [5.74, 6) is 1.39. The van der Waals surface area contributed by atoms with Crippen molar-refractivity contribution in [2.75, 3.05) is 5.75 Å². The summed E-state index contributed by atoms with van der Waals surface area (Å²) in [6, 6.07) is 8.84. The van der Waals surface area contributed by atoms with Crippen LogP contribution < -0.4 is 0 Å². The number of hydrogen-bond acceptors (Lipinski definition) is 2. The van der Waals surface area contributed by atoms with Crippen LogP contribution in [0.25, 0.3) is 0 Å².